The maximum Gasteiger partial charge on any atom is 0.326 e. The van der Waals surface area contributed by atoms with Crippen molar-refractivity contribution in [3.05, 3.63) is 39.1 Å². The number of aromatic nitrogens is 1. The Labute approximate surface area is 193 Å². The standard InChI is InChI=1S/C19H31N5O7.ClH/c1-2-31-19(26)16-24-15-17(3-4-18(24)25)21-5-7-27-9-11-29-13-14-30-12-10-28-8-6-22-23-20;/h3-4,15,21H,2,5-14,16H2,1H3;1H. The van der Waals surface area contributed by atoms with Crippen molar-refractivity contribution in [2.45, 2.75) is 13.5 Å². The minimum absolute atomic E-state index is 0. The Hall–Kier alpha value is -2.34. The highest BCUT2D eigenvalue weighted by Crippen LogP contribution is 2.03. The normalized spacial score (nSPS) is 10.2. The van der Waals surface area contributed by atoms with Gasteiger partial charge in [-0.25, -0.2) is 0 Å². The maximum absolute atomic E-state index is 11.8. The largest absolute Gasteiger partial charge is 0.465 e. The zero-order chi connectivity index (χ0) is 22.6. The Bertz CT molecular complexity index is 728. The molecular weight excluding hydrogens is 446 g/mol. The lowest BCUT2D eigenvalue weighted by atomic mass is 10.4. The molecule has 0 aliphatic carbocycles. The topological polar surface area (TPSA) is 146 Å². The van der Waals surface area contributed by atoms with Gasteiger partial charge in [-0.15, -0.1) is 12.4 Å². The molecule has 0 unspecified atom stereocenters. The SMILES string of the molecule is CCOC(=O)Cn1cc(NCCOCCOCCOCCOCCN=[N+]=[N-])ccc1=O.Cl. The van der Waals surface area contributed by atoms with Crippen LogP contribution < -0.4 is 10.9 Å². The van der Waals surface area contributed by atoms with E-state index in [4.69, 9.17) is 29.2 Å². The second kappa shape index (κ2) is 20.6. The monoisotopic (exact) mass is 477 g/mol. The van der Waals surface area contributed by atoms with Crippen LogP contribution in [0.25, 0.3) is 10.4 Å². The molecule has 0 saturated carbocycles. The molecule has 1 heterocycles. The van der Waals surface area contributed by atoms with Crippen LogP contribution in [0.5, 0.6) is 0 Å². The molecule has 12 nitrogen and oxygen atoms in total. The maximum atomic E-state index is 11.8. The Balaban J connectivity index is 0.00000961. The molecule has 1 aromatic heterocycles. The summed E-state index contributed by atoms with van der Waals surface area (Å²) in [5, 5.41) is 6.49. The van der Waals surface area contributed by atoms with Crippen LogP contribution in [0.4, 0.5) is 5.69 Å². The number of nitrogens with one attached hydrogen (secondary N) is 1. The summed E-state index contributed by atoms with van der Waals surface area (Å²) in [5.41, 5.74) is 8.54. The quantitative estimate of drug-likeness (QED) is 0.104. The average Bonchev–Trinajstić information content (AvgIpc) is 2.75. The zero-order valence-corrected chi connectivity index (χ0v) is 19.1. The molecule has 13 heteroatoms. The molecule has 0 aliphatic rings. The summed E-state index contributed by atoms with van der Waals surface area (Å²) >= 11 is 0. The van der Waals surface area contributed by atoms with E-state index in [0.717, 1.165) is 0 Å². The van der Waals surface area contributed by atoms with Crippen molar-refractivity contribution in [1.82, 2.24) is 4.57 Å². The molecule has 0 fully saturated rings. The van der Waals surface area contributed by atoms with Crippen LogP contribution in [0.2, 0.25) is 0 Å². The van der Waals surface area contributed by atoms with Gasteiger partial charge < -0.3 is 33.6 Å². The number of carbonyl (C=O) groups is 1. The molecule has 0 radical (unpaired) electrons. The van der Waals surface area contributed by atoms with Gasteiger partial charge >= 0.3 is 5.97 Å². The summed E-state index contributed by atoms with van der Waals surface area (Å²) in [4.78, 5) is 26.0. The number of carbonyl (C=O) groups excluding carboxylic acids is 1. The van der Waals surface area contributed by atoms with E-state index < -0.39 is 5.97 Å². The van der Waals surface area contributed by atoms with E-state index in [1.165, 1.54) is 10.6 Å². The van der Waals surface area contributed by atoms with Crippen LogP contribution in [0.1, 0.15) is 6.92 Å². The molecule has 0 aliphatic heterocycles. The molecular formula is C19H32ClN5O7. The number of halogens is 1. The van der Waals surface area contributed by atoms with Crippen LogP contribution in [-0.2, 0) is 35.0 Å². The van der Waals surface area contributed by atoms with Crippen LogP contribution in [-0.4, -0.2) is 83.1 Å². The van der Waals surface area contributed by atoms with Crippen LogP contribution >= 0.6 is 12.4 Å². The third-order valence-corrected chi connectivity index (χ3v) is 3.68. The number of ether oxygens (including phenoxy) is 5. The van der Waals surface area contributed by atoms with Gasteiger partial charge in [-0.1, -0.05) is 5.11 Å². The van der Waals surface area contributed by atoms with Crippen molar-refractivity contribution in [2.75, 3.05) is 77.9 Å². The Kier molecular flexibility index (Phi) is 19.1. The first kappa shape index (κ1) is 29.7. The summed E-state index contributed by atoms with van der Waals surface area (Å²) in [6.45, 7) is 6.29. The molecule has 0 saturated heterocycles. The number of pyridine rings is 1. The van der Waals surface area contributed by atoms with E-state index in [1.54, 1.807) is 19.2 Å². The number of rotatable bonds is 19. The van der Waals surface area contributed by atoms with E-state index >= 15 is 0 Å². The summed E-state index contributed by atoms with van der Waals surface area (Å²) in [5.74, 6) is -0.453. The van der Waals surface area contributed by atoms with E-state index in [0.29, 0.717) is 71.6 Å². The molecule has 0 atom stereocenters. The highest BCUT2D eigenvalue weighted by molar-refractivity contribution is 5.85. The number of nitrogens with zero attached hydrogens (tertiary/aromatic N) is 4. The third-order valence-electron chi connectivity index (χ3n) is 3.68. The summed E-state index contributed by atoms with van der Waals surface area (Å²) in [6.07, 6.45) is 1.58. The summed E-state index contributed by atoms with van der Waals surface area (Å²) in [6, 6.07) is 3.05. The number of hydrogen-bond donors (Lipinski definition) is 1. The fourth-order valence-corrected chi connectivity index (χ4v) is 2.28. The van der Waals surface area contributed by atoms with E-state index in [1.807, 2.05) is 0 Å². The minimum Gasteiger partial charge on any atom is -0.465 e. The molecule has 1 N–H and O–H groups in total. The molecule has 0 spiro atoms. The molecule has 32 heavy (non-hydrogen) atoms. The van der Waals surface area contributed by atoms with Gasteiger partial charge in [0.05, 0.1) is 65.1 Å². The molecule has 0 aromatic carbocycles. The minimum atomic E-state index is -0.453. The number of anilines is 1. The van der Waals surface area contributed by atoms with Gasteiger partial charge in [0.2, 0.25) is 0 Å². The van der Waals surface area contributed by atoms with Crippen molar-refractivity contribution >= 4 is 24.1 Å². The van der Waals surface area contributed by atoms with Gasteiger partial charge in [0.25, 0.3) is 5.56 Å². The van der Waals surface area contributed by atoms with Gasteiger partial charge in [-0.05, 0) is 18.5 Å². The number of hydrogen-bond acceptors (Lipinski definition) is 9. The summed E-state index contributed by atoms with van der Waals surface area (Å²) < 4.78 is 27.6. The van der Waals surface area contributed by atoms with E-state index in [-0.39, 0.29) is 31.1 Å². The van der Waals surface area contributed by atoms with Crippen molar-refractivity contribution in [3.8, 4) is 0 Å². The van der Waals surface area contributed by atoms with Crippen molar-refractivity contribution in [1.29, 1.82) is 0 Å². The van der Waals surface area contributed by atoms with Gasteiger partial charge in [-0.2, -0.15) is 0 Å². The smallest absolute Gasteiger partial charge is 0.326 e. The van der Waals surface area contributed by atoms with Gasteiger partial charge in [-0.3, -0.25) is 9.59 Å². The second-order valence-electron chi connectivity index (χ2n) is 6.02. The average molecular weight is 478 g/mol. The number of esters is 1. The molecule has 0 amide bonds. The van der Waals surface area contributed by atoms with E-state index in [9.17, 15) is 9.59 Å². The number of azide groups is 1. The van der Waals surface area contributed by atoms with Crippen molar-refractivity contribution in [2.24, 2.45) is 5.11 Å². The van der Waals surface area contributed by atoms with Crippen molar-refractivity contribution in [3.63, 3.8) is 0 Å². The lowest BCUT2D eigenvalue weighted by Crippen LogP contribution is -2.25. The first-order valence-corrected chi connectivity index (χ1v) is 10.1. The Morgan fingerprint density at radius 1 is 1.03 bits per heavy atom. The van der Waals surface area contributed by atoms with Gasteiger partial charge in [0.15, 0.2) is 0 Å². The lowest BCUT2D eigenvalue weighted by Gasteiger charge is -2.10. The van der Waals surface area contributed by atoms with Crippen LogP contribution in [0, 0.1) is 0 Å². The van der Waals surface area contributed by atoms with Gasteiger partial charge in [0.1, 0.15) is 6.54 Å². The highest BCUT2D eigenvalue weighted by atomic mass is 35.5. The first-order chi connectivity index (χ1) is 15.2. The summed E-state index contributed by atoms with van der Waals surface area (Å²) in [7, 11) is 0. The molecule has 0 bridgehead atoms. The van der Waals surface area contributed by atoms with Crippen LogP contribution in [0.15, 0.2) is 28.2 Å². The fourth-order valence-electron chi connectivity index (χ4n) is 2.28. The molecule has 1 aromatic rings. The van der Waals surface area contributed by atoms with Gasteiger partial charge in [0, 0.05) is 30.3 Å². The first-order valence-electron chi connectivity index (χ1n) is 10.1. The third kappa shape index (κ3) is 15.5. The van der Waals surface area contributed by atoms with E-state index in [2.05, 4.69) is 15.3 Å². The fraction of sp³-hybridized carbons (Fsp3) is 0.684. The Morgan fingerprint density at radius 2 is 1.62 bits per heavy atom. The molecule has 182 valence electrons. The predicted molar refractivity (Wildman–Crippen MR) is 120 cm³/mol. The van der Waals surface area contributed by atoms with Crippen LogP contribution in [0.3, 0.4) is 0 Å². The second-order valence-corrected chi connectivity index (χ2v) is 6.02. The predicted octanol–water partition coefficient (Wildman–Crippen LogP) is 1.62. The zero-order valence-electron chi connectivity index (χ0n) is 18.3. The Morgan fingerprint density at radius 3 is 2.22 bits per heavy atom. The molecule has 1 rings (SSSR count). The van der Waals surface area contributed by atoms with Crippen molar-refractivity contribution < 1.29 is 28.5 Å². The lowest BCUT2D eigenvalue weighted by molar-refractivity contribution is -0.143. The highest BCUT2D eigenvalue weighted by Gasteiger charge is 2.05.